The molecule has 0 aliphatic heterocycles. The van der Waals surface area contributed by atoms with Crippen LogP contribution in [0.25, 0.3) is 22.8 Å². The molecule has 0 radical (unpaired) electrons. The zero-order valence-corrected chi connectivity index (χ0v) is 14.3. The molecule has 4 rings (SSSR count). The van der Waals surface area contributed by atoms with Crippen LogP contribution in [0.5, 0.6) is 0 Å². The van der Waals surface area contributed by atoms with Gasteiger partial charge in [-0.3, -0.25) is 9.78 Å². The lowest BCUT2D eigenvalue weighted by Gasteiger charge is -2.02. The normalized spacial score (nSPS) is 10.8. The average Bonchev–Trinajstić information content (AvgIpc) is 3.16. The predicted octanol–water partition coefficient (Wildman–Crippen LogP) is 3.17. The molecule has 1 N–H and O–H groups in total. The summed E-state index contributed by atoms with van der Waals surface area (Å²) in [7, 11) is 0. The number of nitrogens with zero attached hydrogens (tertiary/aromatic N) is 4. The summed E-state index contributed by atoms with van der Waals surface area (Å²) >= 11 is 1.31. The first-order chi connectivity index (χ1) is 12.8. The second-order valence-corrected chi connectivity index (χ2v) is 6.28. The molecule has 0 saturated carbocycles. The van der Waals surface area contributed by atoms with Crippen molar-refractivity contribution in [1.82, 2.24) is 25.1 Å². The van der Waals surface area contributed by atoms with Crippen LogP contribution in [-0.2, 0) is 5.75 Å². The Labute approximate surface area is 152 Å². The number of aromatic nitrogens is 5. The first-order valence-electron chi connectivity index (χ1n) is 7.81. The summed E-state index contributed by atoms with van der Waals surface area (Å²) in [5.41, 5.74) is 1.81. The molecule has 0 spiro atoms. The molecule has 3 heterocycles. The standard InChI is InChI=1S/C18H13N5O2S/c24-15-10-14(13-8-4-5-9-19-13)20-18(21-15)26-11-16-22-17(23-25-16)12-6-2-1-3-7-12/h1-10H,11H2,(H,20,21,24). The highest BCUT2D eigenvalue weighted by Crippen LogP contribution is 2.22. The van der Waals surface area contributed by atoms with E-state index >= 15 is 0 Å². The number of rotatable bonds is 5. The number of hydrogen-bond acceptors (Lipinski definition) is 7. The molecule has 0 saturated heterocycles. The van der Waals surface area contributed by atoms with Crippen LogP contribution in [0, 0.1) is 0 Å². The molecular formula is C18H13N5O2S. The summed E-state index contributed by atoms with van der Waals surface area (Å²) in [6, 6.07) is 16.5. The molecule has 0 fully saturated rings. The molecule has 8 heteroatoms. The number of thioether (sulfide) groups is 1. The van der Waals surface area contributed by atoms with Gasteiger partial charge >= 0.3 is 0 Å². The van der Waals surface area contributed by atoms with Gasteiger partial charge in [0.1, 0.15) is 0 Å². The third kappa shape index (κ3) is 3.70. The smallest absolute Gasteiger partial charge is 0.252 e. The Morgan fingerprint density at radius 2 is 1.85 bits per heavy atom. The van der Waals surface area contributed by atoms with Gasteiger partial charge in [0, 0.05) is 17.8 Å². The molecule has 0 bridgehead atoms. The van der Waals surface area contributed by atoms with Gasteiger partial charge in [-0.15, -0.1) is 0 Å². The Balaban J connectivity index is 1.51. The minimum absolute atomic E-state index is 0.237. The first-order valence-corrected chi connectivity index (χ1v) is 8.80. The van der Waals surface area contributed by atoms with Gasteiger partial charge < -0.3 is 9.51 Å². The van der Waals surface area contributed by atoms with Crippen molar-refractivity contribution >= 4 is 11.8 Å². The fourth-order valence-electron chi connectivity index (χ4n) is 2.30. The first kappa shape index (κ1) is 16.2. The average molecular weight is 363 g/mol. The Morgan fingerprint density at radius 1 is 1.00 bits per heavy atom. The van der Waals surface area contributed by atoms with Crippen LogP contribution >= 0.6 is 11.8 Å². The Hall–Kier alpha value is -3.26. The second kappa shape index (κ2) is 7.32. The van der Waals surface area contributed by atoms with Crippen LogP contribution in [0.2, 0.25) is 0 Å². The maximum absolute atomic E-state index is 11.9. The lowest BCUT2D eigenvalue weighted by atomic mass is 10.2. The largest absolute Gasteiger partial charge is 0.338 e. The van der Waals surface area contributed by atoms with Gasteiger partial charge in [0.2, 0.25) is 11.7 Å². The van der Waals surface area contributed by atoms with Crippen molar-refractivity contribution in [2.24, 2.45) is 0 Å². The maximum Gasteiger partial charge on any atom is 0.252 e. The molecule has 7 nitrogen and oxygen atoms in total. The summed E-state index contributed by atoms with van der Waals surface area (Å²) in [4.78, 5) is 27.6. The number of H-pyrrole nitrogens is 1. The van der Waals surface area contributed by atoms with E-state index in [0.29, 0.717) is 34.0 Å². The summed E-state index contributed by atoms with van der Waals surface area (Å²) in [5, 5.41) is 4.45. The van der Waals surface area contributed by atoms with Crippen molar-refractivity contribution < 1.29 is 4.52 Å². The van der Waals surface area contributed by atoms with Gasteiger partial charge in [-0.1, -0.05) is 53.3 Å². The Bertz CT molecular complexity index is 1060. The highest BCUT2D eigenvalue weighted by molar-refractivity contribution is 7.98. The molecule has 0 unspecified atom stereocenters. The topological polar surface area (TPSA) is 97.6 Å². The monoisotopic (exact) mass is 363 g/mol. The quantitative estimate of drug-likeness (QED) is 0.429. The number of aromatic amines is 1. The van der Waals surface area contributed by atoms with Crippen LogP contribution < -0.4 is 5.56 Å². The van der Waals surface area contributed by atoms with Crippen molar-refractivity contribution in [3.05, 3.63) is 77.0 Å². The van der Waals surface area contributed by atoms with Gasteiger partial charge in [-0.05, 0) is 12.1 Å². The minimum atomic E-state index is -0.237. The summed E-state index contributed by atoms with van der Waals surface area (Å²) in [6.07, 6.45) is 1.66. The van der Waals surface area contributed by atoms with E-state index in [4.69, 9.17) is 4.52 Å². The van der Waals surface area contributed by atoms with E-state index in [1.54, 1.807) is 12.3 Å². The van der Waals surface area contributed by atoms with E-state index in [9.17, 15) is 4.79 Å². The molecule has 3 aromatic heterocycles. The third-order valence-corrected chi connectivity index (χ3v) is 4.34. The summed E-state index contributed by atoms with van der Waals surface area (Å²) in [6.45, 7) is 0. The van der Waals surface area contributed by atoms with Gasteiger partial charge in [-0.25, -0.2) is 4.98 Å². The molecule has 0 atom stereocenters. The van der Waals surface area contributed by atoms with E-state index < -0.39 is 0 Å². The van der Waals surface area contributed by atoms with Crippen molar-refractivity contribution in [3.63, 3.8) is 0 Å². The van der Waals surface area contributed by atoms with Gasteiger partial charge in [0.05, 0.1) is 17.1 Å². The van der Waals surface area contributed by atoms with E-state index in [1.165, 1.54) is 17.8 Å². The summed E-state index contributed by atoms with van der Waals surface area (Å²) in [5.74, 6) is 1.39. The molecule has 4 aromatic rings. The Kier molecular flexibility index (Phi) is 4.57. The fourth-order valence-corrected chi connectivity index (χ4v) is 3.01. The van der Waals surface area contributed by atoms with E-state index in [0.717, 1.165) is 5.56 Å². The van der Waals surface area contributed by atoms with E-state index in [2.05, 4.69) is 25.1 Å². The van der Waals surface area contributed by atoms with Crippen LogP contribution in [0.3, 0.4) is 0 Å². The molecule has 1 aromatic carbocycles. The van der Waals surface area contributed by atoms with Crippen LogP contribution in [0.4, 0.5) is 0 Å². The van der Waals surface area contributed by atoms with Crippen molar-refractivity contribution in [1.29, 1.82) is 0 Å². The lowest BCUT2D eigenvalue weighted by molar-refractivity contribution is 0.391. The zero-order chi connectivity index (χ0) is 17.8. The van der Waals surface area contributed by atoms with Crippen LogP contribution in [-0.4, -0.2) is 25.1 Å². The summed E-state index contributed by atoms with van der Waals surface area (Å²) < 4.78 is 5.27. The molecule has 0 aliphatic carbocycles. The second-order valence-electron chi connectivity index (χ2n) is 5.32. The van der Waals surface area contributed by atoms with Crippen LogP contribution in [0.15, 0.2) is 75.3 Å². The number of benzene rings is 1. The minimum Gasteiger partial charge on any atom is -0.338 e. The van der Waals surface area contributed by atoms with E-state index in [1.807, 2.05) is 42.5 Å². The zero-order valence-electron chi connectivity index (χ0n) is 13.5. The maximum atomic E-state index is 11.9. The molecule has 0 amide bonds. The molecule has 26 heavy (non-hydrogen) atoms. The molecule has 0 aliphatic rings. The van der Waals surface area contributed by atoms with Crippen molar-refractivity contribution in [2.75, 3.05) is 0 Å². The van der Waals surface area contributed by atoms with Crippen molar-refractivity contribution in [3.8, 4) is 22.8 Å². The van der Waals surface area contributed by atoms with E-state index in [-0.39, 0.29) is 5.56 Å². The number of pyridine rings is 1. The van der Waals surface area contributed by atoms with Gasteiger partial charge in [-0.2, -0.15) is 4.98 Å². The molecular weight excluding hydrogens is 350 g/mol. The van der Waals surface area contributed by atoms with Crippen LogP contribution in [0.1, 0.15) is 5.89 Å². The SMILES string of the molecule is O=c1cc(-c2ccccn2)nc(SCc2nc(-c3ccccc3)no2)[nH]1. The van der Waals surface area contributed by atoms with Gasteiger partial charge in [0.25, 0.3) is 5.56 Å². The lowest BCUT2D eigenvalue weighted by Crippen LogP contribution is -2.08. The highest BCUT2D eigenvalue weighted by Gasteiger charge is 2.11. The number of hydrogen-bond donors (Lipinski definition) is 1. The third-order valence-electron chi connectivity index (χ3n) is 3.48. The number of nitrogens with one attached hydrogen (secondary N) is 1. The predicted molar refractivity (Wildman–Crippen MR) is 97.4 cm³/mol. The fraction of sp³-hybridized carbons (Fsp3) is 0.0556. The molecule has 128 valence electrons. The Morgan fingerprint density at radius 3 is 2.65 bits per heavy atom. The highest BCUT2D eigenvalue weighted by atomic mass is 32.2. The van der Waals surface area contributed by atoms with Crippen molar-refractivity contribution in [2.45, 2.75) is 10.9 Å². The van der Waals surface area contributed by atoms with Gasteiger partial charge in [0.15, 0.2) is 5.16 Å².